The van der Waals surface area contributed by atoms with Crippen LogP contribution in [0.1, 0.15) is 33.5 Å². The number of anilines is 2. The van der Waals surface area contributed by atoms with E-state index in [0.29, 0.717) is 12.5 Å². The largest absolute Gasteiger partial charge is 0.370 e. The molecule has 108 valence electrons. The van der Waals surface area contributed by atoms with Crippen LogP contribution < -0.4 is 16.4 Å². The van der Waals surface area contributed by atoms with Crippen molar-refractivity contribution in [2.75, 3.05) is 30.3 Å². The quantitative estimate of drug-likeness (QED) is 0.735. The molecule has 1 rings (SSSR count). The molecule has 1 aromatic rings. The lowest BCUT2D eigenvalue weighted by molar-refractivity contribution is 0.442. The van der Waals surface area contributed by atoms with Crippen molar-refractivity contribution >= 4 is 11.6 Å². The van der Waals surface area contributed by atoms with E-state index in [1.807, 2.05) is 13.0 Å². The van der Waals surface area contributed by atoms with Crippen molar-refractivity contribution in [2.24, 2.45) is 17.1 Å². The number of hydrogen-bond donors (Lipinski definition) is 3. The molecule has 0 saturated carbocycles. The molecule has 0 aromatic carbocycles. The molecule has 1 aromatic heterocycles. The number of aromatic nitrogens is 2. The van der Waals surface area contributed by atoms with Crippen LogP contribution in [0.3, 0.4) is 0 Å². The minimum absolute atomic E-state index is 0.223. The van der Waals surface area contributed by atoms with Gasteiger partial charge in [-0.05, 0) is 24.8 Å². The Labute approximate surface area is 116 Å². The highest BCUT2D eigenvalue weighted by atomic mass is 15.1. The maximum atomic E-state index is 5.61. The summed E-state index contributed by atoms with van der Waals surface area (Å²) in [5.74, 6) is 2.91. The molecule has 4 N–H and O–H groups in total. The second kappa shape index (κ2) is 6.70. The van der Waals surface area contributed by atoms with E-state index in [-0.39, 0.29) is 5.41 Å². The van der Waals surface area contributed by atoms with E-state index < -0.39 is 0 Å². The van der Waals surface area contributed by atoms with Gasteiger partial charge in [0.25, 0.3) is 0 Å². The molecule has 1 unspecified atom stereocenters. The number of hydrogen-bond acceptors (Lipinski definition) is 5. The molecule has 0 spiro atoms. The second-order valence-corrected chi connectivity index (χ2v) is 6.32. The molecule has 0 radical (unpaired) electrons. The lowest BCUT2D eigenvalue weighted by Gasteiger charge is -2.19. The Kier molecular flexibility index (Phi) is 5.54. The fourth-order valence-corrected chi connectivity index (χ4v) is 1.47. The van der Waals surface area contributed by atoms with Crippen molar-refractivity contribution in [1.82, 2.24) is 9.97 Å². The van der Waals surface area contributed by atoms with Crippen molar-refractivity contribution in [3.05, 3.63) is 11.9 Å². The smallest absolute Gasteiger partial charge is 0.131 e. The Balaban J connectivity index is 2.66. The van der Waals surface area contributed by atoms with Crippen molar-refractivity contribution in [1.29, 1.82) is 0 Å². The molecule has 0 saturated heterocycles. The molecule has 5 heteroatoms. The first kappa shape index (κ1) is 15.7. The molecule has 1 heterocycles. The van der Waals surface area contributed by atoms with Crippen LogP contribution in [0.2, 0.25) is 0 Å². The number of nitrogens with zero attached hydrogens (tertiary/aromatic N) is 2. The predicted molar refractivity (Wildman–Crippen MR) is 81.4 cm³/mol. The van der Waals surface area contributed by atoms with Crippen LogP contribution in [0.15, 0.2) is 6.07 Å². The van der Waals surface area contributed by atoms with Gasteiger partial charge in [0, 0.05) is 19.2 Å². The van der Waals surface area contributed by atoms with Crippen LogP contribution in [0.5, 0.6) is 0 Å². The minimum atomic E-state index is 0.223. The topological polar surface area (TPSA) is 75.9 Å². The SMILES string of the molecule is Cc1nc(NCC(C)CN)cc(NCC(C)(C)C)n1. The first-order valence-corrected chi connectivity index (χ1v) is 6.83. The highest BCUT2D eigenvalue weighted by Gasteiger charge is 2.10. The van der Waals surface area contributed by atoms with Crippen LogP contribution in [0.25, 0.3) is 0 Å². The summed E-state index contributed by atoms with van der Waals surface area (Å²) in [7, 11) is 0. The molecule has 0 fully saturated rings. The Morgan fingerprint density at radius 1 is 1.21 bits per heavy atom. The van der Waals surface area contributed by atoms with Gasteiger partial charge in [-0.3, -0.25) is 0 Å². The van der Waals surface area contributed by atoms with E-state index in [1.54, 1.807) is 0 Å². The standard InChI is InChI=1S/C14H27N5/c1-10(7-15)8-16-12-6-13(19-11(2)18-12)17-9-14(3,4)5/h6,10H,7-9,15H2,1-5H3,(H2,16,17,18,19). The molecule has 5 nitrogen and oxygen atoms in total. The summed E-state index contributed by atoms with van der Waals surface area (Å²) in [5.41, 5.74) is 5.83. The molecule has 1 atom stereocenters. The summed E-state index contributed by atoms with van der Waals surface area (Å²) in [5, 5.41) is 6.65. The molecular formula is C14H27N5. The zero-order valence-electron chi connectivity index (χ0n) is 12.7. The van der Waals surface area contributed by atoms with Crippen molar-refractivity contribution in [3.63, 3.8) is 0 Å². The molecule has 0 aliphatic heterocycles. The van der Waals surface area contributed by atoms with Crippen LogP contribution >= 0.6 is 0 Å². The summed E-state index contributed by atoms with van der Waals surface area (Å²) in [6, 6.07) is 1.95. The first-order chi connectivity index (χ1) is 8.80. The third-order valence-corrected chi connectivity index (χ3v) is 2.67. The number of nitrogens with two attached hydrogens (primary N) is 1. The summed E-state index contributed by atoms with van der Waals surface area (Å²) in [6.45, 7) is 13.0. The summed E-state index contributed by atoms with van der Waals surface area (Å²) >= 11 is 0. The maximum absolute atomic E-state index is 5.61. The van der Waals surface area contributed by atoms with E-state index in [2.05, 4.69) is 48.3 Å². The number of rotatable bonds is 6. The second-order valence-electron chi connectivity index (χ2n) is 6.32. The summed E-state index contributed by atoms with van der Waals surface area (Å²) in [6.07, 6.45) is 0. The summed E-state index contributed by atoms with van der Waals surface area (Å²) in [4.78, 5) is 8.78. The number of nitrogens with one attached hydrogen (secondary N) is 2. The van der Waals surface area contributed by atoms with E-state index in [1.165, 1.54) is 0 Å². The van der Waals surface area contributed by atoms with Crippen molar-refractivity contribution in [2.45, 2.75) is 34.6 Å². The average molecular weight is 265 g/mol. The van der Waals surface area contributed by atoms with Gasteiger partial charge < -0.3 is 16.4 Å². The van der Waals surface area contributed by atoms with Gasteiger partial charge in [0.2, 0.25) is 0 Å². The summed E-state index contributed by atoms with van der Waals surface area (Å²) < 4.78 is 0. The van der Waals surface area contributed by atoms with Gasteiger partial charge in [-0.15, -0.1) is 0 Å². The fraction of sp³-hybridized carbons (Fsp3) is 0.714. The Morgan fingerprint density at radius 2 is 1.79 bits per heavy atom. The van der Waals surface area contributed by atoms with Crippen molar-refractivity contribution in [3.8, 4) is 0 Å². The zero-order chi connectivity index (χ0) is 14.5. The van der Waals surface area contributed by atoms with Gasteiger partial charge in [0.05, 0.1) is 0 Å². The predicted octanol–water partition coefficient (Wildman–Crippen LogP) is 2.25. The van der Waals surface area contributed by atoms with E-state index in [4.69, 9.17) is 5.73 Å². The third-order valence-electron chi connectivity index (χ3n) is 2.67. The fourth-order valence-electron chi connectivity index (χ4n) is 1.47. The molecule has 0 aliphatic carbocycles. The highest BCUT2D eigenvalue weighted by Crippen LogP contribution is 2.16. The molecule has 0 bridgehead atoms. The molecule has 19 heavy (non-hydrogen) atoms. The Morgan fingerprint density at radius 3 is 2.32 bits per heavy atom. The average Bonchev–Trinajstić information content (AvgIpc) is 2.32. The van der Waals surface area contributed by atoms with E-state index >= 15 is 0 Å². The highest BCUT2D eigenvalue weighted by molar-refractivity contribution is 5.47. The van der Waals surface area contributed by atoms with Crippen LogP contribution in [-0.2, 0) is 0 Å². The molecule has 0 aliphatic rings. The monoisotopic (exact) mass is 265 g/mol. The van der Waals surface area contributed by atoms with Crippen LogP contribution in [0.4, 0.5) is 11.6 Å². The van der Waals surface area contributed by atoms with Crippen LogP contribution in [-0.4, -0.2) is 29.6 Å². The van der Waals surface area contributed by atoms with Crippen molar-refractivity contribution < 1.29 is 0 Å². The third kappa shape index (κ3) is 6.38. The van der Waals surface area contributed by atoms with Crippen LogP contribution in [0, 0.1) is 18.3 Å². The number of aryl methyl sites for hydroxylation is 1. The maximum Gasteiger partial charge on any atom is 0.131 e. The molecule has 0 amide bonds. The van der Waals surface area contributed by atoms with Gasteiger partial charge in [-0.25, -0.2) is 9.97 Å². The van der Waals surface area contributed by atoms with Gasteiger partial charge in [-0.2, -0.15) is 0 Å². The van der Waals surface area contributed by atoms with E-state index in [9.17, 15) is 0 Å². The molecular weight excluding hydrogens is 238 g/mol. The Hall–Kier alpha value is -1.36. The minimum Gasteiger partial charge on any atom is -0.370 e. The van der Waals surface area contributed by atoms with E-state index in [0.717, 1.165) is 30.5 Å². The van der Waals surface area contributed by atoms with Gasteiger partial charge in [0.15, 0.2) is 0 Å². The zero-order valence-corrected chi connectivity index (χ0v) is 12.7. The van der Waals surface area contributed by atoms with Gasteiger partial charge in [-0.1, -0.05) is 27.7 Å². The first-order valence-electron chi connectivity index (χ1n) is 6.83. The Bertz CT molecular complexity index is 397. The normalized spacial score (nSPS) is 13.2. The van der Waals surface area contributed by atoms with Gasteiger partial charge >= 0.3 is 0 Å². The lowest BCUT2D eigenvalue weighted by atomic mass is 9.97. The van der Waals surface area contributed by atoms with Gasteiger partial charge in [0.1, 0.15) is 17.5 Å². The lowest BCUT2D eigenvalue weighted by Crippen LogP contribution is -2.21.